The molecule has 3 rings (SSSR count). The van der Waals surface area contributed by atoms with Crippen LogP contribution in [0.5, 0.6) is 0 Å². The van der Waals surface area contributed by atoms with E-state index in [4.69, 9.17) is 0 Å². The van der Waals surface area contributed by atoms with Crippen molar-refractivity contribution in [2.24, 2.45) is 13.0 Å². The minimum absolute atomic E-state index is 0.00890. The molecular formula is C17H22N4O. The van der Waals surface area contributed by atoms with Gasteiger partial charge in [0.25, 0.3) is 5.91 Å². The van der Waals surface area contributed by atoms with Crippen LogP contribution in [0.2, 0.25) is 0 Å². The number of benzene rings is 1. The lowest BCUT2D eigenvalue weighted by molar-refractivity contribution is 0.0681. The molecule has 1 amide bonds. The molecule has 0 N–H and O–H groups in total. The summed E-state index contributed by atoms with van der Waals surface area (Å²) < 4.78 is 1.57. The van der Waals surface area contributed by atoms with E-state index in [0.717, 1.165) is 32.4 Å². The molecule has 0 spiro atoms. The van der Waals surface area contributed by atoms with Gasteiger partial charge in [-0.15, -0.1) is 5.10 Å². The van der Waals surface area contributed by atoms with Gasteiger partial charge in [0.05, 0.1) is 6.20 Å². The van der Waals surface area contributed by atoms with Gasteiger partial charge in [0.2, 0.25) is 0 Å². The summed E-state index contributed by atoms with van der Waals surface area (Å²) in [5, 5.41) is 7.74. The molecule has 1 aromatic heterocycles. The number of hydrogen-bond acceptors (Lipinski definition) is 3. The first-order valence-corrected chi connectivity index (χ1v) is 7.92. The molecule has 1 fully saturated rings. The van der Waals surface area contributed by atoms with Crippen molar-refractivity contribution >= 4 is 5.91 Å². The highest BCUT2D eigenvalue weighted by Crippen LogP contribution is 2.23. The second-order valence-electron chi connectivity index (χ2n) is 6.04. The molecule has 1 aliphatic heterocycles. The predicted octanol–water partition coefficient (Wildman–Crippen LogP) is 2.30. The first-order valence-electron chi connectivity index (χ1n) is 7.92. The number of aryl methyl sites for hydroxylation is 2. The zero-order valence-electron chi connectivity index (χ0n) is 13.0. The van der Waals surface area contributed by atoms with Crippen LogP contribution >= 0.6 is 0 Å². The molecule has 1 saturated heterocycles. The van der Waals surface area contributed by atoms with Crippen LogP contribution in [0.3, 0.4) is 0 Å². The van der Waals surface area contributed by atoms with E-state index in [1.165, 1.54) is 12.0 Å². The number of amides is 1. The molecule has 0 unspecified atom stereocenters. The number of carbonyl (C=O) groups is 1. The fraction of sp³-hybridized carbons (Fsp3) is 0.471. The van der Waals surface area contributed by atoms with Crippen LogP contribution in [0, 0.1) is 5.92 Å². The van der Waals surface area contributed by atoms with E-state index in [2.05, 4.69) is 40.6 Å². The highest BCUT2D eigenvalue weighted by atomic mass is 16.2. The van der Waals surface area contributed by atoms with Gasteiger partial charge in [-0.2, -0.15) is 0 Å². The smallest absolute Gasteiger partial charge is 0.276 e. The van der Waals surface area contributed by atoms with Crippen molar-refractivity contribution in [1.29, 1.82) is 0 Å². The Kier molecular flexibility index (Phi) is 4.51. The van der Waals surface area contributed by atoms with Crippen LogP contribution in [-0.2, 0) is 13.5 Å². The van der Waals surface area contributed by atoms with Crippen molar-refractivity contribution in [3.63, 3.8) is 0 Å². The van der Waals surface area contributed by atoms with E-state index in [1.807, 2.05) is 4.90 Å². The standard InChI is InChI=1S/C17H22N4O/c1-20-13-16(18-19-20)17(22)21-11-9-15(10-12-21)8-7-14-5-3-2-4-6-14/h2-6,13,15H,7-12H2,1H3. The second-order valence-corrected chi connectivity index (χ2v) is 6.04. The first-order chi connectivity index (χ1) is 10.7. The number of likely N-dealkylation sites (tertiary alicyclic amines) is 1. The molecule has 1 aromatic carbocycles. The summed E-state index contributed by atoms with van der Waals surface area (Å²) in [6.45, 7) is 1.66. The molecule has 0 bridgehead atoms. The molecule has 1 aliphatic rings. The Morgan fingerprint density at radius 1 is 1.23 bits per heavy atom. The Morgan fingerprint density at radius 3 is 2.59 bits per heavy atom. The lowest BCUT2D eigenvalue weighted by Crippen LogP contribution is -2.38. The Morgan fingerprint density at radius 2 is 1.95 bits per heavy atom. The molecule has 0 atom stereocenters. The van der Waals surface area contributed by atoms with Gasteiger partial charge in [-0.25, -0.2) is 0 Å². The molecule has 5 heteroatoms. The minimum Gasteiger partial charge on any atom is -0.337 e. The molecule has 22 heavy (non-hydrogen) atoms. The van der Waals surface area contributed by atoms with Crippen LogP contribution < -0.4 is 0 Å². The van der Waals surface area contributed by atoms with E-state index in [1.54, 1.807) is 17.9 Å². The third-order valence-electron chi connectivity index (χ3n) is 4.41. The van der Waals surface area contributed by atoms with Crippen molar-refractivity contribution in [3.05, 3.63) is 47.8 Å². The maximum atomic E-state index is 12.3. The predicted molar refractivity (Wildman–Crippen MR) is 84.4 cm³/mol. The van der Waals surface area contributed by atoms with Crippen molar-refractivity contribution in [3.8, 4) is 0 Å². The van der Waals surface area contributed by atoms with Gasteiger partial charge >= 0.3 is 0 Å². The number of piperidine rings is 1. The van der Waals surface area contributed by atoms with Crippen molar-refractivity contribution in [2.75, 3.05) is 13.1 Å². The molecule has 0 aliphatic carbocycles. The SMILES string of the molecule is Cn1cc(C(=O)N2CCC(CCc3ccccc3)CC2)nn1. The lowest BCUT2D eigenvalue weighted by atomic mass is 9.90. The van der Waals surface area contributed by atoms with Gasteiger partial charge in [0, 0.05) is 20.1 Å². The summed E-state index contributed by atoms with van der Waals surface area (Å²) in [6.07, 6.45) is 6.18. The summed E-state index contributed by atoms with van der Waals surface area (Å²) in [7, 11) is 1.78. The minimum atomic E-state index is 0.00890. The van der Waals surface area contributed by atoms with Crippen molar-refractivity contribution in [1.82, 2.24) is 19.9 Å². The molecule has 0 saturated carbocycles. The Bertz CT molecular complexity index is 615. The monoisotopic (exact) mass is 298 g/mol. The van der Waals surface area contributed by atoms with Gasteiger partial charge in [0.15, 0.2) is 5.69 Å². The van der Waals surface area contributed by atoms with E-state index in [0.29, 0.717) is 11.6 Å². The second kappa shape index (κ2) is 6.73. The number of nitrogens with zero attached hydrogens (tertiary/aromatic N) is 4. The van der Waals surface area contributed by atoms with Crippen LogP contribution in [0.4, 0.5) is 0 Å². The summed E-state index contributed by atoms with van der Waals surface area (Å²) in [4.78, 5) is 14.2. The zero-order chi connectivity index (χ0) is 15.4. The average Bonchev–Trinajstić information content (AvgIpc) is 3.00. The van der Waals surface area contributed by atoms with Gasteiger partial charge in [-0.3, -0.25) is 9.48 Å². The fourth-order valence-electron chi connectivity index (χ4n) is 3.05. The van der Waals surface area contributed by atoms with Gasteiger partial charge in [-0.1, -0.05) is 35.5 Å². The zero-order valence-corrected chi connectivity index (χ0v) is 13.0. The quantitative estimate of drug-likeness (QED) is 0.870. The number of carbonyl (C=O) groups excluding carboxylic acids is 1. The van der Waals surface area contributed by atoms with Gasteiger partial charge in [-0.05, 0) is 37.2 Å². The Balaban J connectivity index is 1.47. The number of hydrogen-bond donors (Lipinski definition) is 0. The third-order valence-corrected chi connectivity index (χ3v) is 4.41. The number of rotatable bonds is 4. The maximum absolute atomic E-state index is 12.3. The summed E-state index contributed by atoms with van der Waals surface area (Å²) in [5.41, 5.74) is 1.85. The van der Waals surface area contributed by atoms with Crippen LogP contribution in [-0.4, -0.2) is 38.9 Å². The highest BCUT2D eigenvalue weighted by Gasteiger charge is 2.24. The lowest BCUT2D eigenvalue weighted by Gasteiger charge is -2.31. The summed E-state index contributed by atoms with van der Waals surface area (Å²) in [6, 6.07) is 10.6. The molecule has 116 valence electrons. The Labute approximate surface area is 130 Å². The van der Waals surface area contributed by atoms with Crippen LogP contribution in [0.15, 0.2) is 36.5 Å². The molecule has 0 radical (unpaired) electrons. The summed E-state index contributed by atoms with van der Waals surface area (Å²) in [5.74, 6) is 0.723. The Hall–Kier alpha value is -2.17. The van der Waals surface area contributed by atoms with Crippen molar-refractivity contribution in [2.45, 2.75) is 25.7 Å². The largest absolute Gasteiger partial charge is 0.337 e. The molecule has 2 heterocycles. The number of aromatic nitrogens is 3. The van der Waals surface area contributed by atoms with Crippen LogP contribution in [0.25, 0.3) is 0 Å². The first kappa shape index (κ1) is 14.8. The van der Waals surface area contributed by atoms with E-state index in [-0.39, 0.29) is 5.91 Å². The average molecular weight is 298 g/mol. The van der Waals surface area contributed by atoms with E-state index < -0.39 is 0 Å². The van der Waals surface area contributed by atoms with Crippen LogP contribution in [0.1, 0.15) is 35.3 Å². The maximum Gasteiger partial charge on any atom is 0.276 e. The third kappa shape index (κ3) is 3.53. The summed E-state index contributed by atoms with van der Waals surface area (Å²) >= 11 is 0. The fourth-order valence-corrected chi connectivity index (χ4v) is 3.05. The van der Waals surface area contributed by atoms with Gasteiger partial charge in [0.1, 0.15) is 0 Å². The molecule has 2 aromatic rings. The van der Waals surface area contributed by atoms with Crippen molar-refractivity contribution < 1.29 is 4.79 Å². The normalized spacial score (nSPS) is 16.0. The highest BCUT2D eigenvalue weighted by molar-refractivity contribution is 5.91. The van der Waals surface area contributed by atoms with Gasteiger partial charge < -0.3 is 4.90 Å². The molecular weight excluding hydrogens is 276 g/mol. The van der Waals surface area contributed by atoms with E-state index >= 15 is 0 Å². The van der Waals surface area contributed by atoms with E-state index in [9.17, 15) is 4.79 Å². The molecule has 5 nitrogen and oxygen atoms in total. The topological polar surface area (TPSA) is 51.0 Å².